The molecule has 16 heavy (non-hydrogen) atoms. The summed E-state index contributed by atoms with van der Waals surface area (Å²) in [5.74, 6) is -0.431. The topological polar surface area (TPSA) is 35.5 Å². The fraction of sp³-hybridized carbons (Fsp3) is 0.385. The summed E-state index contributed by atoms with van der Waals surface area (Å²) in [4.78, 5) is 21.2. The minimum atomic E-state index is -0.431. The van der Waals surface area contributed by atoms with Gasteiger partial charge in [-0.15, -0.1) is 0 Å². The van der Waals surface area contributed by atoms with Crippen molar-refractivity contribution in [3.63, 3.8) is 0 Å². The lowest BCUT2D eigenvalue weighted by atomic mass is 10.0. The maximum absolute atomic E-state index is 11.7. The second-order valence-electron chi connectivity index (χ2n) is 3.67. The van der Waals surface area contributed by atoms with Gasteiger partial charge in [0.2, 0.25) is 0 Å². The SMILES string of the molecule is [CH2]CCCOOC(=O)c1c(C)cccc1C. The van der Waals surface area contributed by atoms with Crippen LogP contribution in [-0.2, 0) is 9.78 Å². The monoisotopic (exact) mass is 221 g/mol. The Kier molecular flexibility index (Phi) is 4.99. The molecule has 0 saturated carbocycles. The van der Waals surface area contributed by atoms with Gasteiger partial charge in [0.05, 0.1) is 12.2 Å². The van der Waals surface area contributed by atoms with Gasteiger partial charge in [-0.25, -0.2) is 4.79 Å². The van der Waals surface area contributed by atoms with E-state index in [1.807, 2.05) is 32.0 Å². The van der Waals surface area contributed by atoms with E-state index in [9.17, 15) is 4.79 Å². The van der Waals surface area contributed by atoms with Crippen LogP contribution in [0, 0.1) is 20.8 Å². The van der Waals surface area contributed by atoms with Gasteiger partial charge in [-0.2, -0.15) is 4.89 Å². The van der Waals surface area contributed by atoms with Crippen molar-refractivity contribution in [3.05, 3.63) is 41.8 Å². The fourth-order valence-electron chi connectivity index (χ4n) is 1.43. The molecule has 1 radical (unpaired) electrons. The van der Waals surface area contributed by atoms with E-state index in [-0.39, 0.29) is 0 Å². The van der Waals surface area contributed by atoms with Crippen LogP contribution in [0.2, 0.25) is 0 Å². The first kappa shape index (κ1) is 12.7. The molecule has 3 heteroatoms. The Hall–Kier alpha value is -1.35. The van der Waals surface area contributed by atoms with Crippen LogP contribution in [-0.4, -0.2) is 12.6 Å². The summed E-state index contributed by atoms with van der Waals surface area (Å²) in [7, 11) is 0. The third kappa shape index (κ3) is 3.35. The summed E-state index contributed by atoms with van der Waals surface area (Å²) < 4.78 is 0. The van der Waals surface area contributed by atoms with Gasteiger partial charge < -0.3 is 0 Å². The Balaban J connectivity index is 2.59. The van der Waals surface area contributed by atoms with E-state index in [1.54, 1.807) is 0 Å². The quantitative estimate of drug-likeness (QED) is 0.435. The van der Waals surface area contributed by atoms with Gasteiger partial charge >= 0.3 is 5.97 Å². The van der Waals surface area contributed by atoms with Crippen LogP contribution in [0.25, 0.3) is 0 Å². The normalized spacial score (nSPS) is 10.2. The van der Waals surface area contributed by atoms with Crippen LogP contribution in [0.4, 0.5) is 0 Å². The molecular formula is C13H17O3. The summed E-state index contributed by atoms with van der Waals surface area (Å²) in [6, 6.07) is 5.66. The molecule has 1 aromatic carbocycles. The predicted molar refractivity (Wildman–Crippen MR) is 61.9 cm³/mol. The van der Waals surface area contributed by atoms with Gasteiger partial charge in [0.1, 0.15) is 0 Å². The molecule has 1 rings (SSSR count). The van der Waals surface area contributed by atoms with Gasteiger partial charge in [-0.1, -0.05) is 31.5 Å². The van der Waals surface area contributed by atoms with Crippen molar-refractivity contribution in [2.45, 2.75) is 26.7 Å². The zero-order valence-electron chi connectivity index (χ0n) is 9.79. The molecule has 0 unspecified atom stereocenters. The number of rotatable bonds is 5. The van der Waals surface area contributed by atoms with Crippen molar-refractivity contribution in [2.24, 2.45) is 0 Å². The maximum atomic E-state index is 11.7. The number of unbranched alkanes of at least 4 members (excludes halogenated alkanes) is 1. The third-order valence-electron chi connectivity index (χ3n) is 2.30. The second kappa shape index (κ2) is 6.28. The Morgan fingerprint density at radius 2 is 1.94 bits per heavy atom. The molecule has 0 amide bonds. The number of aryl methyl sites for hydroxylation is 2. The second-order valence-corrected chi connectivity index (χ2v) is 3.67. The lowest BCUT2D eigenvalue weighted by Crippen LogP contribution is -2.10. The van der Waals surface area contributed by atoms with Gasteiger partial charge in [-0.3, -0.25) is 4.89 Å². The first-order valence-corrected chi connectivity index (χ1v) is 5.36. The molecule has 3 nitrogen and oxygen atoms in total. The highest BCUT2D eigenvalue weighted by atomic mass is 17.2. The molecule has 0 bridgehead atoms. The molecule has 1 aromatic rings. The van der Waals surface area contributed by atoms with Gasteiger partial charge in [0.25, 0.3) is 0 Å². The molecular weight excluding hydrogens is 204 g/mol. The van der Waals surface area contributed by atoms with Crippen LogP contribution in [0.5, 0.6) is 0 Å². The highest BCUT2D eigenvalue weighted by Crippen LogP contribution is 2.14. The van der Waals surface area contributed by atoms with Crippen LogP contribution >= 0.6 is 0 Å². The molecule has 0 spiro atoms. The smallest absolute Gasteiger partial charge is 0.293 e. The summed E-state index contributed by atoms with van der Waals surface area (Å²) in [6.45, 7) is 7.81. The van der Waals surface area contributed by atoms with Crippen molar-refractivity contribution < 1.29 is 14.6 Å². The van der Waals surface area contributed by atoms with E-state index in [2.05, 4.69) is 6.92 Å². The average molecular weight is 221 g/mol. The highest BCUT2D eigenvalue weighted by Gasteiger charge is 2.13. The summed E-state index contributed by atoms with van der Waals surface area (Å²) in [6.07, 6.45) is 1.54. The van der Waals surface area contributed by atoms with Gasteiger partial charge in [-0.05, 0) is 31.4 Å². The first-order chi connectivity index (χ1) is 7.66. The molecule has 87 valence electrons. The van der Waals surface area contributed by atoms with E-state index in [0.29, 0.717) is 12.2 Å². The van der Waals surface area contributed by atoms with E-state index in [1.165, 1.54) is 0 Å². The third-order valence-corrected chi connectivity index (χ3v) is 2.30. The zero-order chi connectivity index (χ0) is 12.0. The Morgan fingerprint density at radius 3 is 2.50 bits per heavy atom. The number of carbonyl (C=O) groups excluding carboxylic acids is 1. The van der Waals surface area contributed by atoms with Crippen LogP contribution in [0.1, 0.15) is 34.3 Å². The molecule has 0 heterocycles. The van der Waals surface area contributed by atoms with E-state index >= 15 is 0 Å². The largest absolute Gasteiger partial charge is 0.373 e. The zero-order valence-corrected chi connectivity index (χ0v) is 9.79. The molecule has 0 aliphatic rings. The Labute approximate surface area is 96.3 Å². The lowest BCUT2D eigenvalue weighted by Gasteiger charge is -2.08. The maximum Gasteiger partial charge on any atom is 0.373 e. The summed E-state index contributed by atoms with van der Waals surface area (Å²) >= 11 is 0. The van der Waals surface area contributed by atoms with E-state index < -0.39 is 5.97 Å². The van der Waals surface area contributed by atoms with Crippen molar-refractivity contribution >= 4 is 5.97 Å². The molecule has 0 fully saturated rings. The average Bonchev–Trinajstić information content (AvgIpc) is 2.24. The fourth-order valence-corrected chi connectivity index (χ4v) is 1.43. The van der Waals surface area contributed by atoms with Crippen LogP contribution < -0.4 is 0 Å². The molecule has 0 atom stereocenters. The first-order valence-electron chi connectivity index (χ1n) is 5.36. The molecule has 0 aliphatic heterocycles. The van der Waals surface area contributed by atoms with E-state index in [4.69, 9.17) is 9.78 Å². The number of benzene rings is 1. The van der Waals surface area contributed by atoms with Crippen LogP contribution in [0.3, 0.4) is 0 Å². The lowest BCUT2D eigenvalue weighted by molar-refractivity contribution is -0.241. The molecule has 0 saturated heterocycles. The summed E-state index contributed by atoms with van der Waals surface area (Å²) in [5.41, 5.74) is 2.37. The minimum absolute atomic E-state index is 0.389. The molecule has 0 aromatic heterocycles. The van der Waals surface area contributed by atoms with Crippen molar-refractivity contribution in [3.8, 4) is 0 Å². The molecule has 0 aliphatic carbocycles. The Morgan fingerprint density at radius 1 is 1.31 bits per heavy atom. The van der Waals surface area contributed by atoms with E-state index in [0.717, 1.165) is 24.0 Å². The summed E-state index contributed by atoms with van der Waals surface area (Å²) in [5, 5.41) is 0. The number of carbonyl (C=O) groups is 1. The number of hydrogen-bond acceptors (Lipinski definition) is 3. The van der Waals surface area contributed by atoms with Crippen molar-refractivity contribution in [1.29, 1.82) is 0 Å². The molecule has 0 N–H and O–H groups in total. The van der Waals surface area contributed by atoms with Crippen molar-refractivity contribution in [1.82, 2.24) is 0 Å². The van der Waals surface area contributed by atoms with Crippen molar-refractivity contribution in [2.75, 3.05) is 6.61 Å². The number of hydrogen-bond donors (Lipinski definition) is 0. The van der Waals surface area contributed by atoms with Crippen LogP contribution in [0.15, 0.2) is 18.2 Å². The highest BCUT2D eigenvalue weighted by molar-refractivity contribution is 5.92. The Bertz CT molecular complexity index is 338. The van der Waals surface area contributed by atoms with Gasteiger partial charge in [0.15, 0.2) is 0 Å². The van der Waals surface area contributed by atoms with Gasteiger partial charge in [0, 0.05) is 0 Å². The standard InChI is InChI=1S/C13H17O3/c1-4-5-9-15-16-13(14)12-10(2)7-6-8-11(12)3/h6-8H,1,4-5,9H2,2-3H3. The predicted octanol–water partition coefficient (Wildman–Crippen LogP) is 3.01. The minimum Gasteiger partial charge on any atom is -0.293 e.